The lowest BCUT2D eigenvalue weighted by Crippen LogP contribution is -2.38. The topological polar surface area (TPSA) is 66.5 Å². The quantitative estimate of drug-likeness (QED) is 0.432. The van der Waals surface area contributed by atoms with E-state index < -0.39 is 15.8 Å². The second-order valence-corrected chi connectivity index (χ2v) is 9.98. The van der Waals surface area contributed by atoms with Crippen LogP contribution in [0, 0.1) is 0 Å². The molecule has 0 radical (unpaired) electrons. The van der Waals surface area contributed by atoms with Crippen molar-refractivity contribution in [2.75, 3.05) is 10.8 Å². The van der Waals surface area contributed by atoms with Gasteiger partial charge in [-0.25, -0.2) is 8.42 Å². The molecule has 0 spiro atoms. The Kier molecular flexibility index (Phi) is 5.94. The molecule has 30 heavy (non-hydrogen) atoms. The van der Waals surface area contributed by atoms with Crippen LogP contribution in [0.3, 0.4) is 0 Å². The Labute approximate surface area is 184 Å². The molecule has 2 heterocycles. The molecule has 1 N–H and O–H groups in total. The molecule has 0 bridgehead atoms. The molecular formula is C22H19ClN2O3S2. The molecule has 154 valence electrons. The highest BCUT2D eigenvalue weighted by molar-refractivity contribution is 7.97. The number of sulfonamides is 1. The minimum atomic E-state index is -3.99. The molecule has 3 aromatic rings. The molecule has 2 aromatic carbocycles. The van der Waals surface area contributed by atoms with E-state index in [9.17, 15) is 13.2 Å². The van der Waals surface area contributed by atoms with Crippen molar-refractivity contribution < 1.29 is 13.2 Å². The van der Waals surface area contributed by atoms with Crippen molar-refractivity contribution in [2.24, 2.45) is 0 Å². The van der Waals surface area contributed by atoms with Crippen molar-refractivity contribution >= 4 is 44.4 Å². The second kappa shape index (κ2) is 8.63. The molecule has 0 atom stereocenters. The first-order valence-corrected chi connectivity index (χ1v) is 12.0. The van der Waals surface area contributed by atoms with Gasteiger partial charge in [0.25, 0.3) is 10.0 Å². The fourth-order valence-corrected chi connectivity index (χ4v) is 5.87. The van der Waals surface area contributed by atoms with Gasteiger partial charge in [0.2, 0.25) is 5.78 Å². The molecule has 8 heteroatoms. The van der Waals surface area contributed by atoms with Crippen LogP contribution in [0.25, 0.3) is 0 Å². The Morgan fingerprint density at radius 2 is 1.73 bits per heavy atom. The van der Waals surface area contributed by atoms with Crippen LogP contribution in [-0.4, -0.2) is 20.7 Å². The summed E-state index contributed by atoms with van der Waals surface area (Å²) in [4.78, 5) is 13.1. The van der Waals surface area contributed by atoms with Crippen LogP contribution >= 0.6 is 22.9 Å². The predicted molar refractivity (Wildman–Crippen MR) is 121 cm³/mol. The number of nitrogens with one attached hydrogen (secondary N) is 1. The summed E-state index contributed by atoms with van der Waals surface area (Å²) in [6.07, 6.45) is 2.05. The SMILES string of the molecule is O=C1C(=CNCCc2ccccc2)S(=O)(=O)N(Cc2ccc(Cl)cc2)c2ccsc21. The van der Waals surface area contributed by atoms with Gasteiger partial charge in [-0.2, -0.15) is 0 Å². The smallest absolute Gasteiger partial charge is 0.270 e. The maximum Gasteiger partial charge on any atom is 0.270 e. The first-order chi connectivity index (χ1) is 14.5. The number of allylic oxidation sites excluding steroid dienone is 1. The maximum atomic E-state index is 13.3. The van der Waals surface area contributed by atoms with Crippen molar-refractivity contribution in [3.05, 3.63) is 98.2 Å². The van der Waals surface area contributed by atoms with Crippen LogP contribution in [0.1, 0.15) is 20.8 Å². The molecule has 0 saturated carbocycles. The van der Waals surface area contributed by atoms with Crippen LogP contribution in [0.15, 0.2) is 77.1 Å². The monoisotopic (exact) mass is 458 g/mol. The summed E-state index contributed by atoms with van der Waals surface area (Å²) in [5.74, 6) is -0.473. The molecular weight excluding hydrogens is 440 g/mol. The zero-order chi connectivity index (χ0) is 21.1. The fourth-order valence-electron chi connectivity index (χ4n) is 3.24. The van der Waals surface area contributed by atoms with Crippen molar-refractivity contribution in [1.82, 2.24) is 5.32 Å². The minimum absolute atomic E-state index is 0.123. The van der Waals surface area contributed by atoms with Gasteiger partial charge < -0.3 is 5.32 Å². The molecule has 4 rings (SSSR count). The Hall–Kier alpha value is -2.61. The van der Waals surface area contributed by atoms with E-state index in [1.165, 1.54) is 21.8 Å². The van der Waals surface area contributed by atoms with E-state index in [2.05, 4.69) is 5.32 Å². The van der Waals surface area contributed by atoms with Crippen LogP contribution in [0.4, 0.5) is 5.69 Å². The van der Waals surface area contributed by atoms with Crippen molar-refractivity contribution in [1.29, 1.82) is 0 Å². The Bertz CT molecular complexity index is 1190. The second-order valence-electron chi connectivity index (χ2n) is 6.80. The van der Waals surface area contributed by atoms with Crippen molar-refractivity contribution in [3.63, 3.8) is 0 Å². The lowest BCUT2D eigenvalue weighted by molar-refractivity contribution is 0.104. The van der Waals surface area contributed by atoms with Gasteiger partial charge in [0.05, 0.1) is 12.2 Å². The Morgan fingerprint density at radius 1 is 1.00 bits per heavy atom. The van der Waals surface area contributed by atoms with Gasteiger partial charge in [-0.3, -0.25) is 9.10 Å². The van der Waals surface area contributed by atoms with E-state index in [0.717, 1.165) is 17.5 Å². The minimum Gasteiger partial charge on any atom is -0.389 e. The Morgan fingerprint density at radius 3 is 2.47 bits per heavy atom. The lowest BCUT2D eigenvalue weighted by atomic mass is 10.1. The summed E-state index contributed by atoms with van der Waals surface area (Å²) in [5, 5.41) is 5.32. The van der Waals surface area contributed by atoms with Gasteiger partial charge in [0.15, 0.2) is 4.91 Å². The summed E-state index contributed by atoms with van der Waals surface area (Å²) in [6, 6.07) is 18.5. The van der Waals surface area contributed by atoms with Crippen LogP contribution < -0.4 is 9.62 Å². The first-order valence-electron chi connectivity index (χ1n) is 9.33. The average molecular weight is 459 g/mol. The number of hydrogen-bond acceptors (Lipinski definition) is 5. The molecule has 1 aromatic heterocycles. The van der Waals surface area contributed by atoms with Crippen LogP contribution in [-0.2, 0) is 23.0 Å². The Balaban J connectivity index is 1.59. The number of nitrogens with zero attached hydrogens (tertiary/aromatic N) is 1. The van der Waals surface area contributed by atoms with Gasteiger partial charge in [-0.05, 0) is 41.1 Å². The van der Waals surface area contributed by atoms with Crippen molar-refractivity contribution in [3.8, 4) is 0 Å². The highest BCUT2D eigenvalue weighted by atomic mass is 35.5. The molecule has 0 unspecified atom stereocenters. The molecule has 0 fully saturated rings. The maximum absolute atomic E-state index is 13.3. The third-order valence-electron chi connectivity index (χ3n) is 4.78. The third kappa shape index (κ3) is 4.14. The fraction of sp³-hybridized carbons (Fsp3) is 0.136. The molecule has 0 saturated heterocycles. The molecule has 1 aliphatic rings. The standard InChI is InChI=1S/C22H19ClN2O3S2/c23-18-8-6-17(7-9-18)15-25-19-11-13-29-22(19)21(26)20(30(25,27)28)14-24-12-10-16-4-2-1-3-5-16/h1-9,11,13-14,24H,10,12,15H2. The first kappa shape index (κ1) is 20.7. The number of Topliss-reactive ketones (excluding diaryl/α,β-unsaturated/α-hetero) is 1. The third-order valence-corrected chi connectivity index (χ3v) is 7.70. The van der Waals surface area contributed by atoms with Crippen LogP contribution in [0.2, 0.25) is 5.02 Å². The summed E-state index contributed by atoms with van der Waals surface area (Å²) in [7, 11) is -3.99. The largest absolute Gasteiger partial charge is 0.389 e. The van der Waals surface area contributed by atoms with E-state index in [4.69, 9.17) is 11.6 Å². The summed E-state index contributed by atoms with van der Waals surface area (Å²) < 4.78 is 27.9. The number of halogens is 1. The molecule has 0 amide bonds. The predicted octanol–water partition coefficient (Wildman–Crippen LogP) is 4.61. The van der Waals surface area contributed by atoms with Gasteiger partial charge in [-0.1, -0.05) is 54.1 Å². The number of thiophene rings is 1. The summed E-state index contributed by atoms with van der Waals surface area (Å²) in [5.41, 5.74) is 2.33. The van der Waals surface area contributed by atoms with Gasteiger partial charge >= 0.3 is 0 Å². The number of anilines is 1. The molecule has 0 aliphatic carbocycles. The van der Waals surface area contributed by atoms with Gasteiger partial charge in [-0.15, -0.1) is 11.3 Å². The highest BCUT2D eigenvalue weighted by Crippen LogP contribution is 2.39. The number of carbonyl (C=O) groups is 1. The van der Waals surface area contributed by atoms with Gasteiger partial charge in [0, 0.05) is 17.8 Å². The highest BCUT2D eigenvalue weighted by Gasteiger charge is 2.41. The van der Waals surface area contributed by atoms with E-state index in [0.29, 0.717) is 22.1 Å². The zero-order valence-corrected chi connectivity index (χ0v) is 18.3. The summed E-state index contributed by atoms with van der Waals surface area (Å²) in [6.45, 7) is 0.642. The number of ketones is 1. The number of rotatable bonds is 6. The number of carbonyl (C=O) groups excluding carboxylic acids is 1. The molecule has 5 nitrogen and oxygen atoms in total. The van der Waals surface area contributed by atoms with E-state index in [1.54, 1.807) is 35.7 Å². The van der Waals surface area contributed by atoms with E-state index in [1.807, 2.05) is 30.3 Å². The van der Waals surface area contributed by atoms with E-state index >= 15 is 0 Å². The zero-order valence-electron chi connectivity index (χ0n) is 15.9. The number of hydrogen-bond donors (Lipinski definition) is 1. The van der Waals surface area contributed by atoms with Crippen molar-refractivity contribution in [2.45, 2.75) is 13.0 Å². The number of fused-ring (bicyclic) bond motifs is 1. The summed E-state index contributed by atoms with van der Waals surface area (Å²) >= 11 is 7.18. The van der Waals surface area contributed by atoms with E-state index in [-0.39, 0.29) is 11.4 Å². The number of benzene rings is 2. The lowest BCUT2D eigenvalue weighted by Gasteiger charge is -2.29. The van der Waals surface area contributed by atoms with Gasteiger partial charge in [0.1, 0.15) is 4.88 Å². The molecule has 1 aliphatic heterocycles. The average Bonchev–Trinajstić information content (AvgIpc) is 3.22. The normalized spacial score (nSPS) is 16.5. The van der Waals surface area contributed by atoms with Crippen LogP contribution in [0.5, 0.6) is 0 Å².